The van der Waals surface area contributed by atoms with Crippen LogP contribution in [-0.4, -0.2) is 35.1 Å². The molecule has 0 aromatic carbocycles. The van der Waals surface area contributed by atoms with Crippen molar-refractivity contribution >= 4 is 11.3 Å². The molecule has 1 aliphatic rings. The molecule has 1 N–H and O–H groups in total. The smallest absolute Gasteiger partial charge is 0.0794 e. The molecule has 0 amide bonds. The van der Waals surface area contributed by atoms with Gasteiger partial charge in [0.15, 0.2) is 0 Å². The van der Waals surface area contributed by atoms with Gasteiger partial charge in [0.1, 0.15) is 0 Å². The highest BCUT2D eigenvalue weighted by molar-refractivity contribution is 7.09. The molecule has 1 aliphatic heterocycles. The molecule has 0 spiro atoms. The van der Waals surface area contributed by atoms with Crippen molar-refractivity contribution in [2.75, 3.05) is 13.1 Å². The number of rotatable bonds is 4. The predicted molar refractivity (Wildman–Crippen MR) is 73.2 cm³/mol. The van der Waals surface area contributed by atoms with E-state index in [4.69, 9.17) is 0 Å². The van der Waals surface area contributed by atoms with Crippen LogP contribution in [0.15, 0.2) is 11.7 Å². The van der Waals surface area contributed by atoms with Crippen molar-refractivity contribution in [3.05, 3.63) is 16.6 Å². The van der Waals surface area contributed by atoms with Crippen molar-refractivity contribution in [2.45, 2.75) is 45.8 Å². The zero-order valence-electron chi connectivity index (χ0n) is 11.0. The van der Waals surface area contributed by atoms with Crippen LogP contribution < -0.4 is 5.32 Å². The van der Waals surface area contributed by atoms with Gasteiger partial charge < -0.3 is 5.32 Å². The van der Waals surface area contributed by atoms with E-state index < -0.39 is 0 Å². The Morgan fingerprint density at radius 3 is 3.00 bits per heavy atom. The Labute approximate surface area is 108 Å². The van der Waals surface area contributed by atoms with Crippen molar-refractivity contribution in [2.24, 2.45) is 5.92 Å². The summed E-state index contributed by atoms with van der Waals surface area (Å²) >= 11 is 1.77. The lowest BCUT2D eigenvalue weighted by Crippen LogP contribution is -2.57. The van der Waals surface area contributed by atoms with Gasteiger partial charge in [0.2, 0.25) is 0 Å². The van der Waals surface area contributed by atoms with Gasteiger partial charge in [0.25, 0.3) is 0 Å². The third-order valence-corrected chi connectivity index (χ3v) is 4.45. The molecule has 3 nitrogen and oxygen atoms in total. The summed E-state index contributed by atoms with van der Waals surface area (Å²) in [7, 11) is 0. The molecule has 2 rings (SSSR count). The van der Waals surface area contributed by atoms with E-state index in [-0.39, 0.29) is 0 Å². The molecular weight excluding hydrogens is 230 g/mol. The average molecular weight is 253 g/mol. The summed E-state index contributed by atoms with van der Waals surface area (Å²) in [6.07, 6.45) is 3.22. The summed E-state index contributed by atoms with van der Waals surface area (Å²) < 4.78 is 0. The van der Waals surface area contributed by atoms with Crippen LogP contribution >= 0.6 is 11.3 Å². The summed E-state index contributed by atoms with van der Waals surface area (Å²) in [5.74, 6) is 0.705. The second kappa shape index (κ2) is 5.94. The van der Waals surface area contributed by atoms with E-state index in [0.717, 1.165) is 19.6 Å². The van der Waals surface area contributed by atoms with Crippen LogP contribution in [0.5, 0.6) is 0 Å². The van der Waals surface area contributed by atoms with E-state index in [1.807, 2.05) is 11.7 Å². The fraction of sp³-hybridized carbons (Fsp3) is 0.769. The minimum absolute atomic E-state index is 0.630. The van der Waals surface area contributed by atoms with Gasteiger partial charge in [-0.2, -0.15) is 0 Å². The van der Waals surface area contributed by atoms with Crippen LogP contribution in [0.3, 0.4) is 0 Å². The first-order valence-corrected chi connectivity index (χ1v) is 7.43. The molecule has 0 aliphatic carbocycles. The van der Waals surface area contributed by atoms with Crippen LogP contribution in [0.4, 0.5) is 0 Å². The highest BCUT2D eigenvalue weighted by Crippen LogP contribution is 2.19. The first kappa shape index (κ1) is 13.0. The molecule has 1 aromatic rings. The van der Waals surface area contributed by atoms with Gasteiger partial charge in [-0.05, 0) is 12.3 Å². The molecule has 0 radical (unpaired) electrons. The minimum Gasteiger partial charge on any atom is -0.311 e. The summed E-state index contributed by atoms with van der Waals surface area (Å²) in [4.78, 5) is 8.17. The lowest BCUT2D eigenvalue weighted by atomic mass is 9.98. The maximum atomic E-state index is 4.17. The van der Waals surface area contributed by atoms with Crippen molar-refractivity contribution < 1.29 is 0 Å². The summed E-state index contributed by atoms with van der Waals surface area (Å²) in [6.45, 7) is 10.2. The Hall–Kier alpha value is -0.450. The van der Waals surface area contributed by atoms with Crippen LogP contribution in [0, 0.1) is 5.92 Å². The van der Waals surface area contributed by atoms with Crippen molar-refractivity contribution in [3.63, 3.8) is 0 Å². The molecule has 2 unspecified atom stereocenters. The average Bonchev–Trinajstić information content (AvgIpc) is 2.81. The number of hydrogen-bond donors (Lipinski definition) is 1. The quantitative estimate of drug-likeness (QED) is 0.893. The Kier molecular flexibility index (Phi) is 4.54. The minimum atomic E-state index is 0.630. The van der Waals surface area contributed by atoms with Gasteiger partial charge in [0.05, 0.1) is 5.51 Å². The van der Waals surface area contributed by atoms with E-state index in [0.29, 0.717) is 18.0 Å². The van der Waals surface area contributed by atoms with E-state index in [1.54, 1.807) is 11.3 Å². The molecule has 1 aromatic heterocycles. The maximum absolute atomic E-state index is 4.17. The molecule has 4 heteroatoms. The second-order valence-corrected chi connectivity index (χ2v) is 6.19. The first-order chi connectivity index (χ1) is 8.20. The highest BCUT2D eigenvalue weighted by atomic mass is 32.1. The third-order valence-electron chi connectivity index (χ3n) is 3.68. The van der Waals surface area contributed by atoms with Gasteiger partial charge in [0, 0.05) is 42.8 Å². The van der Waals surface area contributed by atoms with Crippen molar-refractivity contribution in [1.82, 2.24) is 15.2 Å². The molecule has 96 valence electrons. The van der Waals surface area contributed by atoms with E-state index in [2.05, 4.69) is 36.0 Å². The number of thiazole rings is 1. The van der Waals surface area contributed by atoms with Crippen molar-refractivity contribution in [3.8, 4) is 0 Å². The molecule has 2 heterocycles. The standard InChI is InChI=1S/C13H23N3S/c1-4-11-5-15-13(10(2)3)8-16(11)7-12-6-14-9-17-12/h6,9-11,13,15H,4-5,7-8H2,1-3H3. The molecule has 1 saturated heterocycles. The molecule has 0 saturated carbocycles. The fourth-order valence-corrected chi connectivity index (χ4v) is 3.07. The van der Waals surface area contributed by atoms with E-state index >= 15 is 0 Å². The molecule has 2 atom stereocenters. The molecule has 17 heavy (non-hydrogen) atoms. The number of piperazine rings is 1. The normalized spacial score (nSPS) is 26.6. The Bertz CT molecular complexity index is 323. The number of hydrogen-bond acceptors (Lipinski definition) is 4. The number of aromatic nitrogens is 1. The second-order valence-electron chi connectivity index (χ2n) is 5.22. The Morgan fingerprint density at radius 2 is 2.41 bits per heavy atom. The molecular formula is C13H23N3S. The van der Waals surface area contributed by atoms with E-state index in [9.17, 15) is 0 Å². The lowest BCUT2D eigenvalue weighted by molar-refractivity contribution is 0.104. The highest BCUT2D eigenvalue weighted by Gasteiger charge is 2.28. The molecule has 0 bridgehead atoms. The topological polar surface area (TPSA) is 28.2 Å². The van der Waals surface area contributed by atoms with Crippen LogP contribution in [0.1, 0.15) is 32.1 Å². The number of nitrogens with zero attached hydrogens (tertiary/aromatic N) is 2. The van der Waals surface area contributed by atoms with Crippen LogP contribution in [-0.2, 0) is 6.54 Å². The fourth-order valence-electron chi connectivity index (χ4n) is 2.45. The maximum Gasteiger partial charge on any atom is 0.0794 e. The first-order valence-electron chi connectivity index (χ1n) is 6.55. The zero-order chi connectivity index (χ0) is 12.3. The van der Waals surface area contributed by atoms with Gasteiger partial charge in [-0.3, -0.25) is 9.88 Å². The van der Waals surface area contributed by atoms with Gasteiger partial charge in [-0.15, -0.1) is 11.3 Å². The Morgan fingerprint density at radius 1 is 1.59 bits per heavy atom. The molecule has 1 fully saturated rings. The van der Waals surface area contributed by atoms with Crippen LogP contribution in [0.25, 0.3) is 0 Å². The summed E-state index contributed by atoms with van der Waals surface area (Å²) in [5.41, 5.74) is 1.93. The number of nitrogens with one attached hydrogen (secondary N) is 1. The summed E-state index contributed by atoms with van der Waals surface area (Å²) in [6, 6.07) is 1.30. The Balaban J connectivity index is 1.99. The zero-order valence-corrected chi connectivity index (χ0v) is 11.8. The van der Waals surface area contributed by atoms with Gasteiger partial charge in [-0.1, -0.05) is 20.8 Å². The lowest BCUT2D eigenvalue weighted by Gasteiger charge is -2.41. The van der Waals surface area contributed by atoms with Gasteiger partial charge >= 0.3 is 0 Å². The third kappa shape index (κ3) is 3.27. The SMILES string of the molecule is CCC1CNC(C(C)C)CN1Cc1cncs1. The van der Waals surface area contributed by atoms with E-state index in [1.165, 1.54) is 11.3 Å². The monoisotopic (exact) mass is 253 g/mol. The predicted octanol–water partition coefficient (Wildman–Crippen LogP) is 2.35. The van der Waals surface area contributed by atoms with Crippen LogP contribution in [0.2, 0.25) is 0 Å². The summed E-state index contributed by atoms with van der Waals surface area (Å²) in [5, 5.41) is 3.68. The largest absolute Gasteiger partial charge is 0.311 e. The van der Waals surface area contributed by atoms with Crippen molar-refractivity contribution in [1.29, 1.82) is 0 Å². The van der Waals surface area contributed by atoms with Gasteiger partial charge in [-0.25, -0.2) is 0 Å².